The quantitative estimate of drug-likeness (QED) is 0.243. The van der Waals surface area contributed by atoms with Crippen molar-refractivity contribution >= 4 is 27.5 Å². The maximum atomic E-state index is 12.3. The Bertz CT molecular complexity index is 1120. The number of amidine groups is 1. The molecule has 3 rings (SSSR count). The molecule has 0 saturated carbocycles. The van der Waals surface area contributed by atoms with Crippen LogP contribution in [0.4, 0.5) is 5.82 Å². The molecule has 1 unspecified atom stereocenters. The number of imidazole rings is 1. The third kappa shape index (κ3) is 5.22. The summed E-state index contributed by atoms with van der Waals surface area (Å²) in [6.45, 7) is 7.79. The van der Waals surface area contributed by atoms with E-state index in [0.29, 0.717) is 43.4 Å². The second-order valence-electron chi connectivity index (χ2n) is 9.84. The van der Waals surface area contributed by atoms with E-state index in [2.05, 4.69) is 16.6 Å². The molecular formula is C23H36N6O3S. The van der Waals surface area contributed by atoms with Gasteiger partial charge in [0.15, 0.2) is 5.78 Å². The largest absolute Gasteiger partial charge is 0.383 e. The summed E-state index contributed by atoms with van der Waals surface area (Å²) in [6.07, 6.45) is 6.34. The van der Waals surface area contributed by atoms with Crippen LogP contribution in [0.3, 0.4) is 0 Å². The zero-order valence-electron chi connectivity index (χ0n) is 20.0. The van der Waals surface area contributed by atoms with Gasteiger partial charge in [0.2, 0.25) is 10.0 Å². The average molecular weight is 477 g/mol. The topological polar surface area (TPSA) is 157 Å². The highest BCUT2D eigenvalue weighted by Gasteiger charge is 2.31. The molecule has 0 fully saturated rings. The first-order valence-electron chi connectivity index (χ1n) is 11.5. The molecule has 0 saturated heterocycles. The van der Waals surface area contributed by atoms with Crippen molar-refractivity contribution in [3.8, 4) is 0 Å². The summed E-state index contributed by atoms with van der Waals surface area (Å²) < 4.78 is 28.2. The molecule has 33 heavy (non-hydrogen) atoms. The van der Waals surface area contributed by atoms with Gasteiger partial charge in [0.1, 0.15) is 23.2 Å². The lowest BCUT2D eigenvalue weighted by Gasteiger charge is -2.25. The van der Waals surface area contributed by atoms with Crippen molar-refractivity contribution in [1.29, 1.82) is 5.41 Å². The minimum atomic E-state index is -3.43. The summed E-state index contributed by atoms with van der Waals surface area (Å²) in [5.74, 6) is 1.31. The van der Waals surface area contributed by atoms with Crippen molar-refractivity contribution in [1.82, 2.24) is 14.3 Å². The maximum Gasteiger partial charge on any atom is 0.216 e. The smallest absolute Gasteiger partial charge is 0.216 e. The lowest BCUT2D eigenvalue weighted by molar-refractivity contribution is -0.114. The zero-order valence-corrected chi connectivity index (χ0v) is 20.8. The van der Waals surface area contributed by atoms with Crippen molar-refractivity contribution in [3.05, 3.63) is 34.3 Å². The number of nitrogen functional groups attached to an aromatic ring is 2. The van der Waals surface area contributed by atoms with Crippen LogP contribution in [-0.4, -0.2) is 40.9 Å². The van der Waals surface area contributed by atoms with E-state index in [0.717, 1.165) is 30.4 Å². The highest BCUT2D eigenvalue weighted by molar-refractivity contribution is 7.90. The van der Waals surface area contributed by atoms with Crippen LogP contribution in [0.25, 0.3) is 0 Å². The van der Waals surface area contributed by atoms with E-state index in [9.17, 15) is 13.2 Å². The van der Waals surface area contributed by atoms with Crippen LogP contribution < -0.4 is 16.2 Å². The first kappa shape index (κ1) is 25.2. The number of nitrogens with one attached hydrogen (secondary N) is 2. The molecule has 0 spiro atoms. The Kier molecular flexibility index (Phi) is 7.18. The van der Waals surface area contributed by atoms with Gasteiger partial charge < -0.3 is 16.0 Å². The predicted octanol–water partition coefficient (Wildman–Crippen LogP) is 2.42. The van der Waals surface area contributed by atoms with Crippen LogP contribution in [0.1, 0.15) is 71.3 Å². The molecule has 1 heterocycles. The Balaban J connectivity index is 1.82. The molecule has 6 N–H and O–H groups in total. The molecule has 0 aromatic carbocycles. The first-order chi connectivity index (χ1) is 15.4. The Morgan fingerprint density at radius 1 is 1.33 bits per heavy atom. The van der Waals surface area contributed by atoms with Crippen molar-refractivity contribution in [2.24, 2.45) is 11.7 Å². The Morgan fingerprint density at radius 2 is 2.03 bits per heavy atom. The fourth-order valence-electron chi connectivity index (χ4n) is 4.40. The number of nitrogens with two attached hydrogens (primary N) is 2. The molecule has 1 aromatic heterocycles. The van der Waals surface area contributed by atoms with Crippen molar-refractivity contribution < 1.29 is 13.2 Å². The second-order valence-corrected chi connectivity index (χ2v) is 12.4. The number of carbonyl (C=O) groups excluding carboxylic acids is 1. The van der Waals surface area contributed by atoms with E-state index < -0.39 is 14.8 Å². The lowest BCUT2D eigenvalue weighted by atomic mass is 9.81. The molecule has 1 atom stereocenters. The van der Waals surface area contributed by atoms with Crippen molar-refractivity contribution in [3.63, 3.8) is 0 Å². The van der Waals surface area contributed by atoms with Crippen LogP contribution in [0.5, 0.6) is 0 Å². The molecule has 0 amide bonds. The molecule has 1 aromatic rings. The number of ketones is 1. The van der Waals surface area contributed by atoms with Gasteiger partial charge in [-0.1, -0.05) is 24.1 Å². The van der Waals surface area contributed by atoms with Gasteiger partial charge in [-0.3, -0.25) is 10.2 Å². The van der Waals surface area contributed by atoms with Gasteiger partial charge in [0, 0.05) is 31.5 Å². The standard InChI is InChI=1S/C23H36N6O3S/c1-5-14-11-15-7-8-18(30)17(15)12-16(14)13-19-28-20(21(24)25)22(26)29(19)10-6-9-27-33(31,32)23(2,3)4/h12,14,27H,5-11,13,26H2,1-4H3,(H3,24,25). The Morgan fingerprint density at radius 3 is 2.64 bits per heavy atom. The van der Waals surface area contributed by atoms with Crippen LogP contribution in [-0.2, 0) is 27.8 Å². The number of hydrogen-bond acceptors (Lipinski definition) is 6. The number of nitrogens with zero attached hydrogens (tertiary/aromatic N) is 2. The van der Waals surface area contributed by atoms with Crippen LogP contribution in [0.2, 0.25) is 0 Å². The molecular weight excluding hydrogens is 440 g/mol. The van der Waals surface area contributed by atoms with Gasteiger partial charge in [-0.15, -0.1) is 0 Å². The zero-order chi connectivity index (χ0) is 24.6. The van der Waals surface area contributed by atoms with E-state index in [-0.39, 0.29) is 23.9 Å². The third-order valence-corrected chi connectivity index (χ3v) is 8.73. The molecule has 0 bridgehead atoms. The number of allylic oxidation sites excluding steroid dienone is 4. The lowest BCUT2D eigenvalue weighted by Crippen LogP contribution is -2.40. The number of hydrogen-bond donors (Lipinski definition) is 4. The van der Waals surface area contributed by atoms with Gasteiger partial charge in [-0.25, -0.2) is 18.1 Å². The molecule has 0 aliphatic heterocycles. The van der Waals surface area contributed by atoms with Gasteiger partial charge >= 0.3 is 0 Å². The molecule has 10 heteroatoms. The summed E-state index contributed by atoms with van der Waals surface area (Å²) in [4.78, 5) is 16.8. The number of anilines is 1. The Hall–Kier alpha value is -2.46. The number of aromatic nitrogens is 2. The van der Waals surface area contributed by atoms with E-state index in [1.165, 1.54) is 5.57 Å². The fourth-order valence-corrected chi connectivity index (χ4v) is 5.24. The summed E-state index contributed by atoms with van der Waals surface area (Å²) in [5.41, 5.74) is 15.5. The van der Waals surface area contributed by atoms with Gasteiger partial charge in [0.25, 0.3) is 0 Å². The van der Waals surface area contributed by atoms with Crippen molar-refractivity contribution in [2.75, 3.05) is 12.3 Å². The monoisotopic (exact) mass is 476 g/mol. The van der Waals surface area contributed by atoms with E-state index in [4.69, 9.17) is 16.9 Å². The van der Waals surface area contributed by atoms with Gasteiger partial charge in [0.05, 0.1) is 4.75 Å². The van der Waals surface area contributed by atoms with Crippen molar-refractivity contribution in [2.45, 2.75) is 77.5 Å². The fraction of sp³-hybridized carbons (Fsp3) is 0.609. The minimum absolute atomic E-state index is 0.204. The summed E-state index contributed by atoms with van der Waals surface area (Å²) in [5, 5.41) is 7.83. The second kappa shape index (κ2) is 9.42. The highest BCUT2D eigenvalue weighted by atomic mass is 32.2. The van der Waals surface area contributed by atoms with E-state index in [1.807, 2.05) is 10.6 Å². The maximum absolute atomic E-state index is 12.3. The van der Waals surface area contributed by atoms with Crippen LogP contribution >= 0.6 is 0 Å². The SMILES string of the molecule is CCC1CC2=C(C=C1Cc1nc(C(=N)N)c(N)n1CCCNS(=O)(=O)C(C)(C)C)C(=O)CC2. The molecule has 2 aliphatic carbocycles. The van der Waals surface area contributed by atoms with Crippen LogP contribution in [0, 0.1) is 11.3 Å². The summed E-state index contributed by atoms with van der Waals surface area (Å²) in [7, 11) is -3.43. The summed E-state index contributed by atoms with van der Waals surface area (Å²) in [6, 6.07) is 0. The third-order valence-electron chi connectivity index (χ3n) is 6.53. The van der Waals surface area contributed by atoms with Crippen LogP contribution in [0.15, 0.2) is 22.8 Å². The van der Waals surface area contributed by atoms with Gasteiger partial charge in [-0.2, -0.15) is 0 Å². The first-order valence-corrected chi connectivity index (χ1v) is 13.0. The predicted molar refractivity (Wildman–Crippen MR) is 130 cm³/mol. The average Bonchev–Trinajstić information content (AvgIpc) is 3.24. The number of carbonyl (C=O) groups is 1. The molecule has 0 radical (unpaired) electrons. The molecule has 2 aliphatic rings. The minimum Gasteiger partial charge on any atom is -0.383 e. The number of sulfonamides is 1. The Labute approximate surface area is 196 Å². The van der Waals surface area contributed by atoms with E-state index >= 15 is 0 Å². The summed E-state index contributed by atoms with van der Waals surface area (Å²) >= 11 is 0. The number of rotatable bonds is 9. The molecule has 182 valence electrons. The van der Waals surface area contributed by atoms with E-state index in [1.54, 1.807) is 20.8 Å². The number of Topliss-reactive ketones (excluding diaryl/α,β-unsaturated/α-hetero) is 1. The highest BCUT2D eigenvalue weighted by Crippen LogP contribution is 2.39. The normalized spacial score (nSPS) is 19.1. The molecule has 9 nitrogen and oxygen atoms in total. The van der Waals surface area contributed by atoms with Gasteiger partial charge in [-0.05, 0) is 52.4 Å².